The van der Waals surface area contributed by atoms with E-state index in [2.05, 4.69) is 19.9 Å². The zero-order valence-electron chi connectivity index (χ0n) is 21.0. The van der Waals surface area contributed by atoms with E-state index < -0.39 is 0 Å². The first-order valence-electron chi connectivity index (χ1n) is 11.6. The summed E-state index contributed by atoms with van der Waals surface area (Å²) in [5.41, 5.74) is 14.8. The number of nitrogens with two attached hydrogens (primary N) is 2. The van der Waals surface area contributed by atoms with E-state index >= 15 is 0 Å². The molecule has 0 bridgehead atoms. The van der Waals surface area contributed by atoms with Gasteiger partial charge in [0.25, 0.3) is 0 Å². The van der Waals surface area contributed by atoms with Crippen molar-refractivity contribution in [2.24, 2.45) is 5.73 Å². The highest BCUT2D eigenvalue weighted by molar-refractivity contribution is 6.10. The Morgan fingerprint density at radius 3 is 2.47 bits per heavy atom. The number of benzene rings is 1. The first-order chi connectivity index (χ1) is 17.4. The molecule has 0 aliphatic heterocycles. The molecule has 0 radical (unpaired) electrons. The monoisotopic (exact) mass is 492 g/mol. The van der Waals surface area contributed by atoms with Crippen LogP contribution < -0.4 is 25.7 Å². The van der Waals surface area contributed by atoms with Crippen molar-refractivity contribution in [2.45, 2.75) is 6.04 Å². The summed E-state index contributed by atoms with van der Waals surface area (Å²) < 4.78 is 22.0. The number of hydrogen-bond acceptors (Lipinski definition) is 10. The lowest BCUT2D eigenvalue weighted by Gasteiger charge is -2.21. The van der Waals surface area contributed by atoms with Crippen LogP contribution in [0.4, 0.5) is 5.82 Å². The molecule has 0 aliphatic rings. The molecule has 3 heterocycles. The van der Waals surface area contributed by atoms with Crippen molar-refractivity contribution in [3.05, 3.63) is 42.9 Å². The Bertz CT molecular complexity index is 1350. The number of methoxy groups -OCH3 is 3. The van der Waals surface area contributed by atoms with E-state index in [0.717, 1.165) is 33.8 Å². The molecule has 0 unspecified atom stereocenters. The summed E-state index contributed by atoms with van der Waals surface area (Å²) in [5, 5.41) is 2.53. The molecule has 4 rings (SSSR count). The predicted molar refractivity (Wildman–Crippen MR) is 141 cm³/mol. The lowest BCUT2D eigenvalue weighted by molar-refractivity contribution is 0.152. The van der Waals surface area contributed by atoms with Crippen LogP contribution in [0.5, 0.6) is 17.2 Å². The summed E-state index contributed by atoms with van der Waals surface area (Å²) in [7, 11) is 6.88. The van der Waals surface area contributed by atoms with Gasteiger partial charge in [-0.15, -0.1) is 0 Å². The van der Waals surface area contributed by atoms with Crippen molar-refractivity contribution in [3.63, 3.8) is 0 Å². The molecule has 0 saturated heterocycles. The highest BCUT2D eigenvalue weighted by Crippen LogP contribution is 2.37. The minimum atomic E-state index is -0.157. The maximum Gasteiger partial charge on any atom is 0.162 e. The first-order valence-corrected chi connectivity index (χ1v) is 11.6. The Labute approximate surface area is 210 Å². The topological polar surface area (TPSA) is 131 Å². The Kier molecular flexibility index (Phi) is 7.99. The van der Waals surface area contributed by atoms with E-state index in [-0.39, 0.29) is 6.04 Å². The van der Waals surface area contributed by atoms with E-state index in [0.29, 0.717) is 48.5 Å². The van der Waals surface area contributed by atoms with Crippen LogP contribution in [0.25, 0.3) is 32.9 Å². The normalized spacial score (nSPS) is 12.3. The third-order valence-corrected chi connectivity index (χ3v) is 5.91. The number of pyridine rings is 3. The molecule has 3 aromatic heterocycles. The Morgan fingerprint density at radius 2 is 1.72 bits per heavy atom. The van der Waals surface area contributed by atoms with Gasteiger partial charge in [-0.3, -0.25) is 9.97 Å². The number of rotatable bonds is 11. The Balaban J connectivity index is 1.62. The molecule has 1 atom stereocenters. The van der Waals surface area contributed by atoms with Gasteiger partial charge in [0, 0.05) is 55.0 Å². The summed E-state index contributed by atoms with van der Waals surface area (Å²) in [4.78, 5) is 15.6. The lowest BCUT2D eigenvalue weighted by Crippen LogP contribution is -2.40. The second kappa shape index (κ2) is 11.3. The Morgan fingerprint density at radius 1 is 0.944 bits per heavy atom. The molecule has 4 N–H and O–H groups in total. The van der Waals surface area contributed by atoms with Crippen LogP contribution in [-0.2, 0) is 4.74 Å². The van der Waals surface area contributed by atoms with Crippen LogP contribution in [0.1, 0.15) is 0 Å². The van der Waals surface area contributed by atoms with Crippen molar-refractivity contribution < 1.29 is 18.9 Å². The number of ether oxygens (including phenoxy) is 4. The summed E-state index contributed by atoms with van der Waals surface area (Å²) in [6, 6.07) is 7.44. The third-order valence-electron chi connectivity index (χ3n) is 5.91. The Hall–Kier alpha value is -3.73. The smallest absolute Gasteiger partial charge is 0.162 e. The molecule has 0 aliphatic carbocycles. The van der Waals surface area contributed by atoms with Crippen molar-refractivity contribution in [1.82, 2.24) is 19.9 Å². The summed E-state index contributed by atoms with van der Waals surface area (Å²) in [6.07, 6.45) is 5.11. The van der Waals surface area contributed by atoms with Gasteiger partial charge < -0.3 is 35.3 Å². The number of likely N-dealkylation sites (N-methyl/N-ethyl adjacent to an activating group) is 1. The molecule has 0 amide bonds. The van der Waals surface area contributed by atoms with Crippen LogP contribution in [0.2, 0.25) is 0 Å². The van der Waals surface area contributed by atoms with Crippen molar-refractivity contribution in [3.8, 4) is 28.5 Å². The molecule has 10 heteroatoms. The number of hydrogen-bond donors (Lipinski definition) is 2. The SMILES string of the molecule is COCCN(C)C[C@@H](N)COc1cncc(-c2cc3c(cnc4cc(OC)c(OC)cc43)c(N)n2)c1. The fourth-order valence-corrected chi connectivity index (χ4v) is 4.04. The summed E-state index contributed by atoms with van der Waals surface area (Å²) in [6.45, 7) is 2.50. The number of nitrogens with zero attached hydrogens (tertiary/aromatic N) is 4. The minimum Gasteiger partial charge on any atom is -0.493 e. The zero-order valence-corrected chi connectivity index (χ0v) is 21.0. The lowest BCUT2D eigenvalue weighted by atomic mass is 10.0. The standard InChI is InChI=1S/C26H32N6O4/c1-32(5-6-33-2)14-17(27)15-36-18-7-16(11-29-12-18)22-8-19-20-9-24(34-3)25(35-4)10-23(20)30-13-21(19)26(28)31-22/h7-13,17H,5-6,14-15,27H2,1-4H3,(H2,28,31)/t17-/m1/s1. The maximum atomic E-state index is 6.34. The molecule has 36 heavy (non-hydrogen) atoms. The van der Waals surface area contributed by atoms with E-state index in [4.69, 9.17) is 30.4 Å². The van der Waals surface area contributed by atoms with Crippen LogP contribution in [0.3, 0.4) is 0 Å². The first kappa shape index (κ1) is 25.4. The van der Waals surface area contributed by atoms with E-state index in [1.54, 1.807) is 39.9 Å². The van der Waals surface area contributed by atoms with E-state index in [1.165, 1.54) is 0 Å². The highest BCUT2D eigenvalue weighted by atomic mass is 16.5. The number of fused-ring (bicyclic) bond motifs is 3. The van der Waals surface area contributed by atoms with E-state index in [9.17, 15) is 0 Å². The van der Waals surface area contributed by atoms with Gasteiger partial charge in [-0.1, -0.05) is 0 Å². The zero-order chi connectivity index (χ0) is 25.7. The van der Waals surface area contributed by atoms with Crippen molar-refractivity contribution in [1.29, 1.82) is 0 Å². The van der Waals surface area contributed by atoms with Gasteiger partial charge in [0.1, 0.15) is 18.2 Å². The molecule has 190 valence electrons. The molecular formula is C26H32N6O4. The van der Waals surface area contributed by atoms with Gasteiger partial charge in [-0.2, -0.15) is 0 Å². The van der Waals surface area contributed by atoms with Crippen LogP contribution in [-0.4, -0.2) is 80.6 Å². The highest BCUT2D eigenvalue weighted by Gasteiger charge is 2.14. The molecule has 0 fully saturated rings. The molecule has 10 nitrogen and oxygen atoms in total. The van der Waals surface area contributed by atoms with Gasteiger partial charge >= 0.3 is 0 Å². The minimum absolute atomic E-state index is 0.157. The van der Waals surface area contributed by atoms with Gasteiger partial charge in [0.15, 0.2) is 11.5 Å². The van der Waals surface area contributed by atoms with E-state index in [1.807, 2.05) is 31.3 Å². The quantitative estimate of drug-likeness (QED) is 0.301. The molecule has 1 aromatic carbocycles. The van der Waals surface area contributed by atoms with Crippen LogP contribution in [0, 0.1) is 0 Å². The average Bonchev–Trinajstić information content (AvgIpc) is 2.89. The number of nitrogen functional groups attached to an aromatic ring is 1. The predicted octanol–water partition coefficient (Wildman–Crippen LogP) is 2.73. The average molecular weight is 493 g/mol. The third kappa shape index (κ3) is 5.56. The fourth-order valence-electron chi connectivity index (χ4n) is 4.04. The largest absolute Gasteiger partial charge is 0.493 e. The summed E-state index contributed by atoms with van der Waals surface area (Å²) in [5.74, 6) is 2.20. The number of anilines is 1. The van der Waals surface area contributed by atoms with Gasteiger partial charge in [-0.05, 0) is 30.6 Å². The second-order valence-electron chi connectivity index (χ2n) is 8.57. The molecule has 4 aromatic rings. The van der Waals surface area contributed by atoms with Crippen LogP contribution >= 0.6 is 0 Å². The van der Waals surface area contributed by atoms with Gasteiger partial charge in [0.2, 0.25) is 0 Å². The van der Waals surface area contributed by atoms with Crippen molar-refractivity contribution >= 4 is 27.5 Å². The molecule has 0 spiro atoms. The van der Waals surface area contributed by atoms with Gasteiger partial charge in [0.05, 0.1) is 44.3 Å². The van der Waals surface area contributed by atoms with Crippen molar-refractivity contribution in [2.75, 3.05) is 60.4 Å². The molecular weight excluding hydrogens is 460 g/mol. The maximum absolute atomic E-state index is 6.34. The molecule has 0 saturated carbocycles. The fraction of sp³-hybridized carbons (Fsp3) is 0.346. The second-order valence-corrected chi connectivity index (χ2v) is 8.57. The summed E-state index contributed by atoms with van der Waals surface area (Å²) >= 11 is 0. The van der Waals surface area contributed by atoms with Gasteiger partial charge in [-0.25, -0.2) is 4.98 Å². The number of aromatic nitrogens is 3. The van der Waals surface area contributed by atoms with Crippen LogP contribution in [0.15, 0.2) is 42.9 Å².